The predicted molar refractivity (Wildman–Crippen MR) is 226 cm³/mol. The molecule has 0 spiro atoms. The maximum atomic E-state index is 2.40. The average molecular weight is 771 g/mol. The Morgan fingerprint density at radius 3 is 1.88 bits per heavy atom. The smallest absolute Gasteiger partial charge is 0.0541 e. The number of fused-ring (bicyclic) bond motifs is 3. The number of para-hydroxylation sites is 2. The van der Waals surface area contributed by atoms with Crippen molar-refractivity contribution in [3.8, 4) is 16.8 Å². The van der Waals surface area contributed by atoms with Crippen LogP contribution in [0.4, 0.5) is 5.69 Å². The van der Waals surface area contributed by atoms with Gasteiger partial charge in [0, 0.05) is 37.3 Å². The van der Waals surface area contributed by atoms with Gasteiger partial charge in [-0.05, 0) is 83.6 Å². The minimum absolute atomic E-state index is 0.122. The van der Waals surface area contributed by atoms with Gasteiger partial charge in [0.2, 0.25) is 0 Å². The summed E-state index contributed by atoms with van der Waals surface area (Å²) in [5.74, 6) is 0. The van der Waals surface area contributed by atoms with Crippen LogP contribution in [-0.4, -0.2) is 4.57 Å². The molecule has 0 amide bonds. The zero-order chi connectivity index (χ0) is 34.6. The van der Waals surface area contributed by atoms with Crippen LogP contribution in [0.3, 0.4) is 0 Å². The van der Waals surface area contributed by atoms with Crippen molar-refractivity contribution in [3.05, 3.63) is 215 Å². The number of allylic oxidation sites excluding steroid dienone is 5. The Morgan fingerprint density at radius 1 is 0.686 bits per heavy atom. The highest BCUT2D eigenvalue weighted by atomic mass is 127. The molecular formula is C48H39IN2. The van der Waals surface area contributed by atoms with E-state index in [-0.39, 0.29) is 5.41 Å². The van der Waals surface area contributed by atoms with Crippen molar-refractivity contribution in [1.29, 1.82) is 0 Å². The molecule has 1 aromatic heterocycles. The second-order valence-corrected chi connectivity index (χ2v) is 14.0. The molecule has 0 bridgehead atoms. The molecule has 8 rings (SSSR count). The first kappa shape index (κ1) is 32.8. The molecule has 1 aliphatic carbocycles. The summed E-state index contributed by atoms with van der Waals surface area (Å²) in [6.07, 6.45) is 13.4. The average Bonchev–Trinajstić information content (AvgIpc) is 3.53. The van der Waals surface area contributed by atoms with Gasteiger partial charge in [-0.15, -0.1) is 0 Å². The topological polar surface area (TPSA) is 8.17 Å². The van der Waals surface area contributed by atoms with Crippen LogP contribution < -0.4 is 4.90 Å². The van der Waals surface area contributed by atoms with Gasteiger partial charge in [0.25, 0.3) is 0 Å². The van der Waals surface area contributed by atoms with E-state index in [1.165, 1.54) is 55.4 Å². The first-order chi connectivity index (χ1) is 25.1. The molecule has 7 aromatic rings. The number of hydrogen-bond donors (Lipinski definition) is 0. The van der Waals surface area contributed by atoms with Crippen molar-refractivity contribution in [1.82, 2.24) is 4.57 Å². The van der Waals surface area contributed by atoms with E-state index in [2.05, 4.69) is 231 Å². The Hall–Kier alpha value is -5.39. The molecule has 0 N–H and O–H groups in total. The lowest BCUT2D eigenvalue weighted by molar-refractivity contribution is 0.595. The fraction of sp³-hybridized carbons (Fsp3) is 0.0833. The van der Waals surface area contributed by atoms with Gasteiger partial charge >= 0.3 is 0 Å². The van der Waals surface area contributed by atoms with Gasteiger partial charge in [-0.2, -0.15) is 0 Å². The van der Waals surface area contributed by atoms with E-state index in [0.29, 0.717) is 0 Å². The van der Waals surface area contributed by atoms with Crippen LogP contribution in [0.25, 0.3) is 38.6 Å². The predicted octanol–water partition coefficient (Wildman–Crippen LogP) is 13.1. The van der Waals surface area contributed by atoms with Crippen molar-refractivity contribution < 1.29 is 0 Å². The van der Waals surface area contributed by atoms with E-state index in [0.717, 1.165) is 24.2 Å². The summed E-state index contributed by atoms with van der Waals surface area (Å²) >= 11 is 2.38. The quantitative estimate of drug-likeness (QED) is 0.105. The third-order valence-electron chi connectivity index (χ3n) is 10.1. The van der Waals surface area contributed by atoms with Gasteiger partial charge < -0.3 is 9.47 Å². The first-order valence-corrected chi connectivity index (χ1v) is 18.8. The monoisotopic (exact) mass is 770 g/mol. The summed E-state index contributed by atoms with van der Waals surface area (Å²) in [6, 6.07) is 56.7. The van der Waals surface area contributed by atoms with Crippen LogP contribution in [0.1, 0.15) is 24.5 Å². The Labute approximate surface area is 314 Å². The molecule has 6 aromatic carbocycles. The summed E-state index contributed by atoms with van der Waals surface area (Å²) < 4.78 is 4.57. The lowest BCUT2D eigenvalue weighted by Gasteiger charge is -2.34. The maximum Gasteiger partial charge on any atom is 0.0541 e. The van der Waals surface area contributed by atoms with E-state index < -0.39 is 0 Å². The molecular weight excluding hydrogens is 731 g/mol. The molecule has 1 unspecified atom stereocenters. The molecule has 0 saturated carbocycles. The molecule has 1 aliphatic rings. The van der Waals surface area contributed by atoms with Crippen LogP contribution in [-0.2, 0) is 11.8 Å². The molecule has 248 valence electrons. The second kappa shape index (κ2) is 14.5. The number of benzene rings is 6. The van der Waals surface area contributed by atoms with Gasteiger partial charge in [-0.25, -0.2) is 0 Å². The van der Waals surface area contributed by atoms with Crippen LogP contribution in [0.2, 0.25) is 0 Å². The van der Waals surface area contributed by atoms with E-state index in [4.69, 9.17) is 0 Å². The summed E-state index contributed by atoms with van der Waals surface area (Å²) in [4.78, 5) is 2.38. The maximum absolute atomic E-state index is 2.40. The Kier molecular flexibility index (Phi) is 9.30. The largest absolute Gasteiger partial charge is 0.310 e. The third kappa shape index (κ3) is 6.62. The van der Waals surface area contributed by atoms with Gasteiger partial charge in [0.1, 0.15) is 0 Å². The SMILES string of the molecule is CC1(c2ccc(-n3c4ccccc4c4ccccc43)cc2)C=CC(N(C(/C=C\Cc2ccccc2)=C/I)c2ccc(-c3ccccc3)cc2)=CC1. The Bertz CT molecular complexity index is 2360. The fourth-order valence-electron chi connectivity index (χ4n) is 7.26. The standard InChI is InChI=1S/C48H39IN2/c1-48(39-25-29-41(30-26-39)51-46-21-10-8-19-44(46)45-20-9-11-22-47(45)51)33-31-42(32-34-48)50(43(35-49)18-12-15-36-13-4-2-5-14-36)40-27-23-38(24-28-40)37-16-6-3-7-17-37/h2-14,16-33,35H,15,34H2,1H3/b18-12-,43-35+. The lowest BCUT2D eigenvalue weighted by atomic mass is 9.76. The number of aromatic nitrogens is 1. The highest BCUT2D eigenvalue weighted by Gasteiger charge is 2.27. The Balaban J connectivity index is 1.09. The highest BCUT2D eigenvalue weighted by molar-refractivity contribution is 14.1. The molecule has 0 radical (unpaired) electrons. The fourth-order valence-corrected chi connectivity index (χ4v) is 7.75. The summed E-state index contributed by atoms with van der Waals surface area (Å²) in [5, 5.41) is 2.57. The minimum atomic E-state index is -0.122. The highest BCUT2D eigenvalue weighted by Crippen LogP contribution is 2.39. The van der Waals surface area contributed by atoms with Crippen LogP contribution in [0.5, 0.6) is 0 Å². The third-order valence-corrected chi connectivity index (χ3v) is 10.7. The van der Waals surface area contributed by atoms with Crippen LogP contribution >= 0.6 is 22.6 Å². The van der Waals surface area contributed by atoms with E-state index in [1.807, 2.05) is 0 Å². The molecule has 0 fully saturated rings. The number of halogens is 1. The van der Waals surface area contributed by atoms with Crippen LogP contribution in [0.15, 0.2) is 204 Å². The van der Waals surface area contributed by atoms with Gasteiger partial charge in [-0.3, -0.25) is 0 Å². The number of anilines is 1. The van der Waals surface area contributed by atoms with Crippen molar-refractivity contribution >= 4 is 50.1 Å². The first-order valence-electron chi connectivity index (χ1n) is 17.6. The lowest BCUT2D eigenvalue weighted by Crippen LogP contribution is -2.26. The van der Waals surface area contributed by atoms with E-state index >= 15 is 0 Å². The minimum Gasteiger partial charge on any atom is -0.310 e. The molecule has 3 heteroatoms. The van der Waals surface area contributed by atoms with E-state index in [1.54, 1.807) is 0 Å². The Morgan fingerprint density at radius 2 is 1.27 bits per heavy atom. The summed E-state index contributed by atoms with van der Waals surface area (Å²) in [5.41, 5.74) is 12.0. The van der Waals surface area contributed by atoms with E-state index in [9.17, 15) is 0 Å². The summed E-state index contributed by atoms with van der Waals surface area (Å²) in [7, 11) is 0. The number of hydrogen-bond acceptors (Lipinski definition) is 1. The number of nitrogens with zero attached hydrogens (tertiary/aromatic N) is 2. The van der Waals surface area contributed by atoms with Crippen molar-refractivity contribution in [2.45, 2.75) is 25.2 Å². The second-order valence-electron chi connectivity index (χ2n) is 13.4. The van der Waals surface area contributed by atoms with Crippen molar-refractivity contribution in [3.63, 3.8) is 0 Å². The van der Waals surface area contributed by atoms with Crippen molar-refractivity contribution in [2.75, 3.05) is 4.90 Å². The van der Waals surface area contributed by atoms with Crippen molar-refractivity contribution in [2.24, 2.45) is 0 Å². The molecule has 1 heterocycles. The molecule has 0 aliphatic heterocycles. The van der Waals surface area contributed by atoms with Gasteiger partial charge in [0.15, 0.2) is 0 Å². The molecule has 0 saturated heterocycles. The van der Waals surface area contributed by atoms with Gasteiger partial charge in [0.05, 0.1) is 16.7 Å². The molecule has 51 heavy (non-hydrogen) atoms. The molecule has 1 atom stereocenters. The zero-order valence-corrected chi connectivity index (χ0v) is 30.8. The zero-order valence-electron chi connectivity index (χ0n) is 28.7. The van der Waals surface area contributed by atoms with Gasteiger partial charge in [-0.1, -0.05) is 169 Å². The van der Waals surface area contributed by atoms with Crippen LogP contribution in [0, 0.1) is 0 Å². The summed E-state index contributed by atoms with van der Waals surface area (Å²) in [6.45, 7) is 2.35. The number of rotatable bonds is 9. The molecule has 2 nitrogen and oxygen atoms in total. The normalized spacial score (nSPS) is 16.2.